The van der Waals surface area contributed by atoms with Crippen LogP contribution in [-0.4, -0.2) is 77.7 Å². The number of piperidine rings is 1. The number of piperazine rings is 1. The smallest absolute Gasteiger partial charge is 0.395 e. The maximum Gasteiger partial charge on any atom is 0.395 e. The maximum atomic E-state index is 13.9. The van der Waals surface area contributed by atoms with Crippen LogP contribution in [0.2, 0.25) is 5.02 Å². The molecular weight excluding hydrogens is 640 g/mol. The summed E-state index contributed by atoms with van der Waals surface area (Å²) in [4.78, 5) is 17.7. The van der Waals surface area contributed by atoms with Gasteiger partial charge in [0.25, 0.3) is 6.43 Å². The molecule has 0 radical (unpaired) electrons. The van der Waals surface area contributed by atoms with Crippen molar-refractivity contribution in [3.8, 4) is 11.1 Å². The van der Waals surface area contributed by atoms with Gasteiger partial charge in [-0.1, -0.05) is 29.8 Å². The largest absolute Gasteiger partial charge is 0.478 e. The number of benzene rings is 2. The van der Waals surface area contributed by atoms with Crippen molar-refractivity contribution >= 4 is 41.4 Å². The van der Waals surface area contributed by atoms with Gasteiger partial charge in [-0.25, -0.2) is 13.6 Å². The molecule has 1 aromatic heterocycles. The molecule has 3 aliphatic rings. The number of halogens is 7. The van der Waals surface area contributed by atoms with Gasteiger partial charge in [-0.05, 0) is 55.5 Å². The summed E-state index contributed by atoms with van der Waals surface area (Å²) in [6.07, 6.45) is -4.43. The number of hydrogen-bond acceptors (Lipinski definition) is 5. The van der Waals surface area contributed by atoms with Crippen molar-refractivity contribution in [1.82, 2.24) is 14.7 Å². The number of carbonyl (C=O) groups is 1. The molecule has 1 N–H and O–H groups in total. The Morgan fingerprint density at radius 1 is 1.02 bits per heavy atom. The van der Waals surface area contributed by atoms with Gasteiger partial charge in [0.05, 0.1) is 17.7 Å². The molecule has 1 saturated carbocycles. The Bertz CT molecular complexity index is 1500. The number of hydrogen-bond donors (Lipinski definition) is 1. The molecule has 2 saturated heterocycles. The van der Waals surface area contributed by atoms with E-state index in [1.54, 1.807) is 6.07 Å². The first-order chi connectivity index (χ1) is 21.0. The van der Waals surface area contributed by atoms with Gasteiger partial charge >= 0.3 is 12.1 Å². The highest BCUT2D eigenvalue weighted by Gasteiger charge is 2.63. The lowest BCUT2D eigenvalue weighted by Gasteiger charge is -2.38. The standard InChI is InChI=1S/C31H33ClF5N5O2.ClH/c32-21-5-8-24(26(16-21)41-11-1-2-23(18-41)42-27(28(33)34)25(17-38-42)29(43)44)20-3-6-22(7-4-20)40-14-12-39(13-15-40)19-30(9-10-30)31(35,36)37;/h3-8,16-17,23,28H,1-2,9-15,18-19H2,(H,43,44);1H. The van der Waals surface area contributed by atoms with Crippen molar-refractivity contribution in [1.29, 1.82) is 0 Å². The van der Waals surface area contributed by atoms with Gasteiger partial charge in [-0.15, -0.1) is 12.4 Å². The van der Waals surface area contributed by atoms with E-state index in [-0.39, 0.29) is 31.8 Å². The van der Waals surface area contributed by atoms with Crippen LogP contribution in [0, 0.1) is 5.41 Å². The van der Waals surface area contributed by atoms with Gasteiger partial charge in [0.1, 0.15) is 11.3 Å². The second-order valence-electron chi connectivity index (χ2n) is 12.0. The van der Waals surface area contributed by atoms with Crippen molar-refractivity contribution in [3.63, 3.8) is 0 Å². The lowest BCUT2D eigenvalue weighted by atomic mass is 9.99. The number of aromatic nitrogens is 2. The summed E-state index contributed by atoms with van der Waals surface area (Å²) in [5, 5.41) is 13.9. The molecule has 1 unspecified atom stereocenters. The first-order valence-electron chi connectivity index (χ1n) is 14.7. The minimum atomic E-state index is -4.15. The number of aromatic carboxylic acids is 1. The SMILES string of the molecule is Cl.O=C(O)c1cnn(C2CCCN(c3cc(Cl)ccc3-c3ccc(N4CCN(CC5(C(F)(F)F)CC5)CC4)cc3)C2)c1C(F)F. The molecular formula is C31H34Cl2F5N5O2. The van der Waals surface area contributed by atoms with Crippen LogP contribution in [0.1, 0.15) is 54.2 Å². The molecule has 0 amide bonds. The molecule has 1 atom stereocenters. The third kappa shape index (κ3) is 6.73. The molecule has 244 valence electrons. The van der Waals surface area contributed by atoms with Crippen LogP contribution >= 0.6 is 24.0 Å². The number of anilines is 2. The zero-order valence-corrected chi connectivity index (χ0v) is 25.9. The molecule has 2 aliphatic heterocycles. The maximum absolute atomic E-state index is 13.9. The predicted octanol–water partition coefficient (Wildman–Crippen LogP) is 7.57. The van der Waals surface area contributed by atoms with Crippen LogP contribution in [0.5, 0.6) is 0 Å². The molecule has 0 bridgehead atoms. The van der Waals surface area contributed by atoms with Crippen molar-refractivity contribution < 1.29 is 31.9 Å². The van der Waals surface area contributed by atoms with Gasteiger partial charge in [-0.2, -0.15) is 18.3 Å². The number of rotatable bonds is 8. The van der Waals surface area contributed by atoms with Gasteiger partial charge in [0.2, 0.25) is 0 Å². The van der Waals surface area contributed by atoms with Crippen LogP contribution in [0.25, 0.3) is 11.1 Å². The van der Waals surface area contributed by atoms with Crippen LogP contribution < -0.4 is 9.80 Å². The fraction of sp³-hybridized carbons (Fsp3) is 0.484. The first kappa shape index (κ1) is 33.3. The summed E-state index contributed by atoms with van der Waals surface area (Å²) in [5.41, 5.74) is 1.08. The second-order valence-corrected chi connectivity index (χ2v) is 12.4. The first-order valence-corrected chi connectivity index (χ1v) is 15.1. The summed E-state index contributed by atoms with van der Waals surface area (Å²) >= 11 is 6.41. The van der Waals surface area contributed by atoms with E-state index < -0.39 is 41.3 Å². The molecule has 3 aromatic rings. The number of nitrogens with zero attached hydrogens (tertiary/aromatic N) is 5. The summed E-state index contributed by atoms with van der Waals surface area (Å²) in [7, 11) is 0. The van der Waals surface area contributed by atoms with Crippen molar-refractivity contribution in [2.45, 2.75) is 44.3 Å². The average molecular weight is 675 g/mol. The van der Waals surface area contributed by atoms with E-state index in [0.29, 0.717) is 57.1 Å². The molecule has 45 heavy (non-hydrogen) atoms. The highest BCUT2D eigenvalue weighted by molar-refractivity contribution is 6.31. The topological polar surface area (TPSA) is 64.8 Å². The van der Waals surface area contributed by atoms with E-state index in [1.807, 2.05) is 41.3 Å². The zero-order valence-electron chi connectivity index (χ0n) is 24.3. The van der Waals surface area contributed by atoms with Gasteiger partial charge in [0.15, 0.2) is 0 Å². The zero-order chi connectivity index (χ0) is 31.2. The van der Waals surface area contributed by atoms with Crippen molar-refractivity contribution in [3.05, 3.63) is 64.9 Å². The number of carboxylic acids is 1. The lowest BCUT2D eigenvalue weighted by Crippen LogP contribution is -2.49. The van der Waals surface area contributed by atoms with Crippen LogP contribution in [0.4, 0.5) is 33.3 Å². The Morgan fingerprint density at radius 2 is 1.71 bits per heavy atom. The number of carboxylic acid groups (broad SMARTS) is 1. The Morgan fingerprint density at radius 3 is 2.31 bits per heavy atom. The van der Waals surface area contributed by atoms with E-state index in [1.165, 1.54) is 0 Å². The van der Waals surface area contributed by atoms with Gasteiger partial charge in [0, 0.05) is 67.8 Å². The number of alkyl halides is 5. The second kappa shape index (κ2) is 13.0. The van der Waals surface area contributed by atoms with Crippen LogP contribution in [0.3, 0.4) is 0 Å². The van der Waals surface area contributed by atoms with Gasteiger partial charge < -0.3 is 14.9 Å². The molecule has 6 rings (SSSR count). The third-order valence-electron chi connectivity index (χ3n) is 9.21. The Balaban J connectivity index is 0.00000400. The minimum Gasteiger partial charge on any atom is -0.478 e. The van der Waals surface area contributed by atoms with E-state index in [2.05, 4.69) is 14.9 Å². The van der Waals surface area contributed by atoms with Crippen LogP contribution in [-0.2, 0) is 0 Å². The normalized spacial score (nSPS) is 20.3. The highest BCUT2D eigenvalue weighted by Crippen LogP contribution is 2.58. The van der Waals surface area contributed by atoms with E-state index in [0.717, 1.165) is 33.4 Å². The van der Waals surface area contributed by atoms with Crippen molar-refractivity contribution in [2.75, 3.05) is 55.6 Å². The summed E-state index contributed by atoms with van der Waals surface area (Å²) < 4.78 is 69.2. The fourth-order valence-electron chi connectivity index (χ4n) is 6.55. The summed E-state index contributed by atoms with van der Waals surface area (Å²) in [6, 6.07) is 13.1. The predicted molar refractivity (Wildman–Crippen MR) is 165 cm³/mol. The Labute approximate surface area is 268 Å². The Kier molecular flexibility index (Phi) is 9.58. The summed E-state index contributed by atoms with van der Waals surface area (Å²) in [5.74, 6) is -1.44. The minimum absolute atomic E-state index is 0. The van der Waals surface area contributed by atoms with Crippen LogP contribution in [0.15, 0.2) is 48.7 Å². The quantitative estimate of drug-likeness (QED) is 0.249. The van der Waals surface area contributed by atoms with Gasteiger partial charge in [-0.3, -0.25) is 9.58 Å². The lowest BCUT2D eigenvalue weighted by molar-refractivity contribution is -0.192. The monoisotopic (exact) mass is 673 g/mol. The van der Waals surface area contributed by atoms with Crippen molar-refractivity contribution in [2.24, 2.45) is 5.41 Å². The van der Waals surface area contributed by atoms with E-state index in [4.69, 9.17) is 11.6 Å². The molecule has 3 fully saturated rings. The van der Waals surface area contributed by atoms with E-state index >= 15 is 0 Å². The molecule has 2 aromatic carbocycles. The molecule has 0 spiro atoms. The molecule has 3 heterocycles. The third-order valence-corrected chi connectivity index (χ3v) is 9.45. The fourth-order valence-corrected chi connectivity index (χ4v) is 6.72. The Hall–Kier alpha value is -3.09. The van der Waals surface area contributed by atoms with E-state index in [9.17, 15) is 31.9 Å². The molecule has 7 nitrogen and oxygen atoms in total. The average Bonchev–Trinajstić information content (AvgIpc) is 3.65. The highest BCUT2D eigenvalue weighted by atomic mass is 35.5. The molecule has 1 aliphatic carbocycles. The molecule has 14 heteroatoms. The summed E-state index contributed by atoms with van der Waals surface area (Å²) in [6.45, 7) is 3.54.